The Balaban J connectivity index is 5.23. The van der Waals surface area contributed by atoms with E-state index < -0.39 is 97.5 Å². The number of aliphatic hydroxyl groups excluding tert-OH is 1. The maximum Gasteiger partial charge on any atom is 0.472 e. The molecule has 0 aromatic rings. The van der Waals surface area contributed by atoms with Gasteiger partial charge >= 0.3 is 39.5 Å². The van der Waals surface area contributed by atoms with Crippen molar-refractivity contribution in [2.24, 2.45) is 23.7 Å². The van der Waals surface area contributed by atoms with Crippen LogP contribution in [0.4, 0.5) is 0 Å². The van der Waals surface area contributed by atoms with Crippen LogP contribution in [0, 0.1) is 23.7 Å². The average molecular weight is 1200 g/mol. The van der Waals surface area contributed by atoms with Crippen LogP contribution in [0.2, 0.25) is 0 Å². The molecule has 0 aliphatic carbocycles. The fraction of sp³-hybridized carbons (Fsp3) is 0.935. The Bertz CT molecular complexity index is 1630. The van der Waals surface area contributed by atoms with E-state index in [4.69, 9.17) is 37.0 Å². The number of phosphoric ester groups is 2. The zero-order chi connectivity index (χ0) is 60.4. The Hall–Kier alpha value is -1.94. The van der Waals surface area contributed by atoms with E-state index in [0.717, 1.165) is 109 Å². The van der Waals surface area contributed by atoms with Gasteiger partial charge in [-0.2, -0.15) is 0 Å². The van der Waals surface area contributed by atoms with E-state index in [1.807, 2.05) is 0 Å². The van der Waals surface area contributed by atoms with E-state index in [2.05, 4.69) is 55.4 Å². The van der Waals surface area contributed by atoms with Gasteiger partial charge in [-0.3, -0.25) is 37.3 Å². The molecular formula is C62H120O17P2. The Morgan fingerprint density at radius 3 is 0.877 bits per heavy atom. The first-order valence-electron chi connectivity index (χ1n) is 32.2. The molecule has 0 aliphatic rings. The fourth-order valence-electron chi connectivity index (χ4n) is 9.04. The van der Waals surface area contributed by atoms with Crippen LogP contribution in [-0.4, -0.2) is 96.7 Å². The molecule has 3 N–H and O–H groups in total. The molecule has 19 heteroatoms. The Morgan fingerprint density at radius 2 is 0.593 bits per heavy atom. The second-order valence-electron chi connectivity index (χ2n) is 24.1. The van der Waals surface area contributed by atoms with E-state index in [9.17, 15) is 43.2 Å². The highest BCUT2D eigenvalue weighted by Gasteiger charge is 2.30. The lowest BCUT2D eigenvalue weighted by atomic mass is 9.99. The first-order chi connectivity index (χ1) is 38.6. The van der Waals surface area contributed by atoms with Crippen molar-refractivity contribution in [1.82, 2.24) is 0 Å². The quantitative estimate of drug-likeness (QED) is 0.0222. The molecule has 0 fully saturated rings. The van der Waals surface area contributed by atoms with Crippen LogP contribution in [-0.2, 0) is 65.4 Å². The van der Waals surface area contributed by atoms with Gasteiger partial charge in [-0.05, 0) is 49.4 Å². The highest BCUT2D eigenvalue weighted by molar-refractivity contribution is 7.47. The third-order valence-electron chi connectivity index (χ3n) is 14.4. The number of hydrogen-bond donors (Lipinski definition) is 3. The summed E-state index contributed by atoms with van der Waals surface area (Å²) in [5.74, 6) is 0.683. The van der Waals surface area contributed by atoms with Gasteiger partial charge < -0.3 is 33.8 Å². The van der Waals surface area contributed by atoms with Gasteiger partial charge in [0.05, 0.1) is 26.4 Å². The molecule has 81 heavy (non-hydrogen) atoms. The largest absolute Gasteiger partial charge is 0.472 e. The zero-order valence-electron chi connectivity index (χ0n) is 52.4. The lowest BCUT2D eigenvalue weighted by Gasteiger charge is -2.21. The topological polar surface area (TPSA) is 237 Å². The fourth-order valence-corrected chi connectivity index (χ4v) is 10.6. The number of phosphoric acid groups is 2. The molecule has 0 aliphatic heterocycles. The van der Waals surface area contributed by atoms with Gasteiger partial charge in [0, 0.05) is 25.7 Å². The van der Waals surface area contributed by atoms with Crippen LogP contribution in [0.3, 0.4) is 0 Å². The predicted molar refractivity (Wildman–Crippen MR) is 321 cm³/mol. The van der Waals surface area contributed by atoms with Crippen molar-refractivity contribution in [3.8, 4) is 0 Å². The van der Waals surface area contributed by atoms with Crippen molar-refractivity contribution < 1.29 is 80.2 Å². The zero-order valence-corrected chi connectivity index (χ0v) is 54.2. The third-order valence-corrected chi connectivity index (χ3v) is 16.3. The molecule has 480 valence electrons. The van der Waals surface area contributed by atoms with Gasteiger partial charge in [0.25, 0.3) is 0 Å². The summed E-state index contributed by atoms with van der Waals surface area (Å²) in [7, 11) is -9.88. The summed E-state index contributed by atoms with van der Waals surface area (Å²) in [5, 5.41) is 10.5. The molecule has 3 unspecified atom stereocenters. The number of rotatable bonds is 59. The SMILES string of the molecule is CCC(C)CCCCCCCCCCCCC(=O)O[C@H](COC(=O)CCCCCCCCC(C)C)COP(=O)(O)OC[C@@H](O)COP(=O)(O)OC[C@@H](COC(=O)CCCCCCCCC(C)C)OC(=O)CCCCCCCCC(C)C. The Kier molecular flexibility index (Phi) is 51.1. The summed E-state index contributed by atoms with van der Waals surface area (Å²) < 4.78 is 67.8. The summed E-state index contributed by atoms with van der Waals surface area (Å²) in [4.78, 5) is 72.0. The smallest absolute Gasteiger partial charge is 0.462 e. The normalized spacial score (nSPS) is 14.8. The van der Waals surface area contributed by atoms with Crippen LogP contribution >= 0.6 is 15.6 Å². The lowest BCUT2D eigenvalue weighted by molar-refractivity contribution is -0.161. The average Bonchev–Trinajstić information content (AvgIpc) is 3.41. The summed E-state index contributed by atoms with van der Waals surface area (Å²) in [6, 6.07) is 0. The molecule has 0 spiro atoms. The van der Waals surface area contributed by atoms with Crippen LogP contribution < -0.4 is 0 Å². The first-order valence-corrected chi connectivity index (χ1v) is 35.2. The molecule has 0 radical (unpaired) electrons. The van der Waals surface area contributed by atoms with Crippen LogP contribution in [0.5, 0.6) is 0 Å². The van der Waals surface area contributed by atoms with Crippen molar-refractivity contribution in [1.29, 1.82) is 0 Å². The minimum Gasteiger partial charge on any atom is -0.462 e. The van der Waals surface area contributed by atoms with E-state index in [1.165, 1.54) is 83.5 Å². The molecular weight excluding hydrogens is 1080 g/mol. The summed E-state index contributed by atoms with van der Waals surface area (Å²) in [5.41, 5.74) is 0. The van der Waals surface area contributed by atoms with Gasteiger partial charge in [0.15, 0.2) is 12.2 Å². The molecule has 0 aromatic heterocycles. The molecule has 0 heterocycles. The van der Waals surface area contributed by atoms with Crippen molar-refractivity contribution in [2.45, 2.75) is 311 Å². The number of unbranched alkanes of at least 4 members (excludes halogenated alkanes) is 24. The van der Waals surface area contributed by atoms with Gasteiger partial charge in [-0.15, -0.1) is 0 Å². The Labute approximate surface area is 492 Å². The van der Waals surface area contributed by atoms with Crippen molar-refractivity contribution >= 4 is 39.5 Å². The molecule has 0 bridgehead atoms. The van der Waals surface area contributed by atoms with Gasteiger partial charge in [0.2, 0.25) is 0 Å². The van der Waals surface area contributed by atoms with E-state index in [1.54, 1.807) is 0 Å². The highest BCUT2D eigenvalue weighted by atomic mass is 31.2. The molecule has 0 saturated carbocycles. The minimum atomic E-state index is -4.94. The van der Waals surface area contributed by atoms with Gasteiger partial charge in [-0.1, -0.05) is 242 Å². The standard InChI is InChI=1S/C62H120O17P2/c1-9-55(8)41-33-25-14-12-10-11-13-15-28-36-44-61(66)78-57(48-72-59(64)42-34-26-19-16-22-30-38-52(2)3)50-76-80(68,69)74-46-56(63)47-75-81(70,71)77-51-58(79-62(67)45-37-29-21-18-24-32-40-54(6)7)49-73-60(65)43-35-27-20-17-23-31-39-53(4)5/h52-58,63H,9-51H2,1-8H3,(H,68,69)(H,70,71)/t55?,56-,57-,58-/m1/s1. The molecule has 0 saturated heterocycles. The summed E-state index contributed by atoms with van der Waals surface area (Å²) in [6.07, 6.45) is 31.1. The predicted octanol–water partition coefficient (Wildman–Crippen LogP) is 16.6. The molecule has 6 atom stereocenters. The Morgan fingerprint density at radius 1 is 0.346 bits per heavy atom. The van der Waals surface area contributed by atoms with E-state index in [-0.39, 0.29) is 25.7 Å². The maximum absolute atomic E-state index is 12.9. The molecule has 0 rings (SSSR count). The molecule has 17 nitrogen and oxygen atoms in total. The van der Waals surface area contributed by atoms with E-state index >= 15 is 0 Å². The first kappa shape index (κ1) is 79.1. The van der Waals surface area contributed by atoms with Crippen LogP contribution in [0.25, 0.3) is 0 Å². The molecule has 0 aromatic carbocycles. The number of esters is 4. The lowest BCUT2D eigenvalue weighted by Crippen LogP contribution is -2.30. The van der Waals surface area contributed by atoms with Crippen LogP contribution in [0.15, 0.2) is 0 Å². The number of aliphatic hydroxyl groups is 1. The monoisotopic (exact) mass is 1200 g/mol. The number of ether oxygens (including phenoxy) is 4. The van der Waals surface area contributed by atoms with E-state index in [0.29, 0.717) is 43.4 Å². The summed E-state index contributed by atoms with van der Waals surface area (Å²) in [6.45, 7) is 13.8. The van der Waals surface area contributed by atoms with Gasteiger partial charge in [-0.25, -0.2) is 9.13 Å². The maximum atomic E-state index is 12.9. The van der Waals surface area contributed by atoms with Crippen LogP contribution in [0.1, 0.15) is 293 Å². The number of carbonyl (C=O) groups is 4. The van der Waals surface area contributed by atoms with Gasteiger partial charge in [0.1, 0.15) is 19.3 Å². The third kappa shape index (κ3) is 55.7. The van der Waals surface area contributed by atoms with Crippen molar-refractivity contribution in [2.75, 3.05) is 39.6 Å². The second-order valence-corrected chi connectivity index (χ2v) is 27.0. The highest BCUT2D eigenvalue weighted by Crippen LogP contribution is 2.45. The van der Waals surface area contributed by atoms with Crippen molar-refractivity contribution in [3.05, 3.63) is 0 Å². The number of carbonyl (C=O) groups excluding carboxylic acids is 4. The van der Waals surface area contributed by atoms with Crippen molar-refractivity contribution in [3.63, 3.8) is 0 Å². The second kappa shape index (κ2) is 52.4. The molecule has 0 amide bonds. The number of hydrogen-bond acceptors (Lipinski definition) is 15. The minimum absolute atomic E-state index is 0.100. The summed E-state index contributed by atoms with van der Waals surface area (Å²) >= 11 is 0.